The van der Waals surface area contributed by atoms with E-state index in [9.17, 15) is 0 Å². The number of nitrogens with one attached hydrogen (secondary N) is 1. The van der Waals surface area contributed by atoms with E-state index in [-0.39, 0.29) is 5.54 Å². The zero-order valence-electron chi connectivity index (χ0n) is 14.6. The second kappa shape index (κ2) is 5.81. The minimum atomic E-state index is 0.121. The van der Waals surface area contributed by atoms with Crippen LogP contribution in [0.25, 0.3) is 5.57 Å². The van der Waals surface area contributed by atoms with Gasteiger partial charge in [-0.05, 0) is 82.7 Å². The summed E-state index contributed by atoms with van der Waals surface area (Å²) >= 11 is 0. The maximum atomic E-state index is 3.70. The van der Waals surface area contributed by atoms with E-state index in [4.69, 9.17) is 0 Å². The lowest BCUT2D eigenvalue weighted by atomic mass is 9.91. The van der Waals surface area contributed by atoms with Crippen LogP contribution in [0.1, 0.15) is 72.1 Å². The van der Waals surface area contributed by atoms with Gasteiger partial charge < -0.3 is 5.32 Å². The van der Waals surface area contributed by atoms with Gasteiger partial charge in [0.05, 0.1) is 0 Å². The van der Waals surface area contributed by atoms with Crippen molar-refractivity contribution < 1.29 is 0 Å². The third-order valence-corrected chi connectivity index (χ3v) is 4.50. The molecule has 0 aromatic heterocycles. The summed E-state index contributed by atoms with van der Waals surface area (Å²) in [5, 5.41) is 3.70. The second-order valence-electron chi connectivity index (χ2n) is 7.39. The first kappa shape index (κ1) is 16.0. The van der Waals surface area contributed by atoms with Crippen molar-refractivity contribution in [2.24, 2.45) is 0 Å². The highest BCUT2D eigenvalue weighted by Gasteiger charge is 2.22. The van der Waals surface area contributed by atoms with Crippen LogP contribution >= 0.6 is 0 Å². The van der Waals surface area contributed by atoms with Gasteiger partial charge >= 0.3 is 0 Å². The van der Waals surface area contributed by atoms with Crippen LogP contribution in [0.15, 0.2) is 41.0 Å². The molecule has 21 heavy (non-hydrogen) atoms. The molecule has 0 amide bonds. The van der Waals surface area contributed by atoms with Gasteiger partial charge in [0, 0.05) is 11.6 Å². The van der Waals surface area contributed by atoms with E-state index in [0.29, 0.717) is 6.04 Å². The Bertz CT molecular complexity index is 597. The van der Waals surface area contributed by atoms with Crippen LogP contribution < -0.4 is 5.32 Å². The first-order valence-corrected chi connectivity index (χ1v) is 7.94. The monoisotopic (exact) mass is 283 g/mol. The van der Waals surface area contributed by atoms with E-state index >= 15 is 0 Å². The van der Waals surface area contributed by atoms with Crippen LogP contribution in [0.2, 0.25) is 0 Å². The summed E-state index contributed by atoms with van der Waals surface area (Å²) in [6.07, 6.45) is 1.09. The Morgan fingerprint density at radius 1 is 1.00 bits per heavy atom. The first-order chi connectivity index (χ1) is 9.70. The standard InChI is InChI=1S/C20H29N/c1-13-12-19(15(3)14(13)2)18-11-9-8-10-17(18)16(4)21-20(5,6)7/h8-11,16,21H,12H2,1-7H3. The topological polar surface area (TPSA) is 12.0 Å². The summed E-state index contributed by atoms with van der Waals surface area (Å²) in [5.74, 6) is 0. The van der Waals surface area contributed by atoms with Gasteiger partial charge in [0.15, 0.2) is 0 Å². The fourth-order valence-electron chi connectivity index (χ4n) is 3.25. The van der Waals surface area contributed by atoms with Gasteiger partial charge in [0.25, 0.3) is 0 Å². The third kappa shape index (κ3) is 3.47. The van der Waals surface area contributed by atoms with Gasteiger partial charge in [0.1, 0.15) is 0 Å². The zero-order valence-corrected chi connectivity index (χ0v) is 14.6. The molecule has 1 unspecified atom stereocenters. The number of allylic oxidation sites excluding steroid dienone is 4. The Morgan fingerprint density at radius 3 is 2.14 bits per heavy atom. The van der Waals surface area contributed by atoms with Crippen molar-refractivity contribution in [3.05, 3.63) is 52.1 Å². The minimum absolute atomic E-state index is 0.121. The summed E-state index contributed by atoms with van der Waals surface area (Å²) in [6.45, 7) is 15.7. The van der Waals surface area contributed by atoms with E-state index in [0.717, 1.165) is 6.42 Å². The first-order valence-electron chi connectivity index (χ1n) is 7.94. The zero-order chi connectivity index (χ0) is 15.8. The fourth-order valence-corrected chi connectivity index (χ4v) is 3.25. The molecule has 0 fully saturated rings. The predicted molar refractivity (Wildman–Crippen MR) is 93.3 cm³/mol. The molecule has 1 aliphatic rings. The Kier molecular flexibility index (Phi) is 4.43. The number of benzene rings is 1. The summed E-state index contributed by atoms with van der Waals surface area (Å²) in [7, 11) is 0. The highest BCUT2D eigenvalue weighted by atomic mass is 15.0. The van der Waals surface area contributed by atoms with Crippen molar-refractivity contribution in [2.45, 2.75) is 66.5 Å². The Balaban J connectivity index is 2.40. The Hall–Kier alpha value is -1.34. The van der Waals surface area contributed by atoms with E-state index < -0.39 is 0 Å². The molecule has 1 nitrogen and oxygen atoms in total. The van der Waals surface area contributed by atoms with Crippen LogP contribution in [-0.4, -0.2) is 5.54 Å². The van der Waals surface area contributed by atoms with Crippen molar-refractivity contribution in [1.82, 2.24) is 5.32 Å². The molecule has 0 spiro atoms. The molecule has 1 aliphatic carbocycles. The lowest BCUT2D eigenvalue weighted by Crippen LogP contribution is -2.37. The predicted octanol–water partition coefficient (Wildman–Crippen LogP) is 5.65. The number of hydrogen-bond acceptors (Lipinski definition) is 1. The van der Waals surface area contributed by atoms with Gasteiger partial charge in [-0.3, -0.25) is 0 Å². The quantitative estimate of drug-likeness (QED) is 0.756. The van der Waals surface area contributed by atoms with Crippen LogP contribution in [0.5, 0.6) is 0 Å². The fraction of sp³-hybridized carbons (Fsp3) is 0.500. The molecule has 0 heterocycles. The molecule has 1 N–H and O–H groups in total. The summed E-state index contributed by atoms with van der Waals surface area (Å²) in [4.78, 5) is 0. The SMILES string of the molecule is CC1=C(C)C(C)=C(c2ccccc2C(C)NC(C)(C)C)C1. The summed E-state index contributed by atoms with van der Waals surface area (Å²) in [6, 6.07) is 9.20. The summed E-state index contributed by atoms with van der Waals surface area (Å²) in [5.41, 5.74) is 8.88. The number of rotatable bonds is 3. The molecular formula is C20H29N. The maximum absolute atomic E-state index is 3.70. The van der Waals surface area contributed by atoms with E-state index in [2.05, 4.69) is 78.0 Å². The van der Waals surface area contributed by atoms with E-state index in [1.807, 2.05) is 0 Å². The van der Waals surface area contributed by atoms with Crippen LogP contribution in [-0.2, 0) is 0 Å². The minimum Gasteiger partial charge on any atom is -0.306 e. The van der Waals surface area contributed by atoms with Crippen molar-refractivity contribution in [3.8, 4) is 0 Å². The van der Waals surface area contributed by atoms with E-state index in [1.54, 1.807) is 0 Å². The van der Waals surface area contributed by atoms with Gasteiger partial charge in [-0.25, -0.2) is 0 Å². The molecule has 0 radical (unpaired) electrons. The molecule has 1 heteroatoms. The van der Waals surface area contributed by atoms with Gasteiger partial charge in [-0.15, -0.1) is 0 Å². The Labute approximate surface area is 130 Å². The summed E-state index contributed by atoms with van der Waals surface area (Å²) < 4.78 is 0. The lowest BCUT2D eigenvalue weighted by Gasteiger charge is -2.28. The molecule has 1 atom stereocenters. The van der Waals surface area contributed by atoms with Crippen molar-refractivity contribution in [1.29, 1.82) is 0 Å². The Morgan fingerprint density at radius 2 is 1.62 bits per heavy atom. The molecule has 0 aliphatic heterocycles. The molecule has 2 rings (SSSR count). The molecule has 114 valence electrons. The highest BCUT2D eigenvalue weighted by Crippen LogP contribution is 2.40. The normalized spacial score (nSPS) is 17.7. The smallest absolute Gasteiger partial charge is 0.0302 e. The molecule has 1 aromatic rings. The molecule has 0 bridgehead atoms. The average molecular weight is 283 g/mol. The van der Waals surface area contributed by atoms with Gasteiger partial charge in [-0.2, -0.15) is 0 Å². The molecular weight excluding hydrogens is 254 g/mol. The van der Waals surface area contributed by atoms with Gasteiger partial charge in [-0.1, -0.05) is 29.8 Å². The van der Waals surface area contributed by atoms with Crippen molar-refractivity contribution in [3.63, 3.8) is 0 Å². The van der Waals surface area contributed by atoms with Crippen molar-refractivity contribution >= 4 is 5.57 Å². The molecule has 0 saturated heterocycles. The largest absolute Gasteiger partial charge is 0.306 e. The average Bonchev–Trinajstić information content (AvgIpc) is 2.64. The van der Waals surface area contributed by atoms with Gasteiger partial charge in [0.2, 0.25) is 0 Å². The van der Waals surface area contributed by atoms with E-state index in [1.165, 1.54) is 33.4 Å². The van der Waals surface area contributed by atoms with Crippen LogP contribution in [0.3, 0.4) is 0 Å². The third-order valence-electron chi connectivity index (χ3n) is 4.50. The maximum Gasteiger partial charge on any atom is 0.0302 e. The molecule has 1 aromatic carbocycles. The molecule has 0 saturated carbocycles. The lowest BCUT2D eigenvalue weighted by molar-refractivity contribution is 0.378. The van der Waals surface area contributed by atoms with Crippen molar-refractivity contribution in [2.75, 3.05) is 0 Å². The second-order valence-corrected chi connectivity index (χ2v) is 7.39. The number of hydrogen-bond donors (Lipinski definition) is 1. The highest BCUT2D eigenvalue weighted by molar-refractivity contribution is 5.79. The van der Waals surface area contributed by atoms with Crippen LogP contribution in [0, 0.1) is 0 Å². The van der Waals surface area contributed by atoms with Crippen LogP contribution in [0.4, 0.5) is 0 Å².